The van der Waals surface area contributed by atoms with Crippen molar-refractivity contribution in [1.82, 2.24) is 4.57 Å². The second-order valence-corrected chi connectivity index (χ2v) is 6.07. The number of hydrogen-bond acceptors (Lipinski definition) is 1. The highest BCUT2D eigenvalue weighted by Gasteiger charge is 2.16. The van der Waals surface area contributed by atoms with Crippen molar-refractivity contribution in [1.29, 1.82) is 0 Å². The molecule has 0 aliphatic heterocycles. The Morgan fingerprint density at radius 3 is 2.79 bits per heavy atom. The number of nitrogens with zero attached hydrogens (tertiary/aromatic N) is 1. The van der Waals surface area contributed by atoms with Crippen molar-refractivity contribution in [3.05, 3.63) is 36.0 Å². The van der Waals surface area contributed by atoms with Crippen molar-refractivity contribution in [2.75, 3.05) is 6.54 Å². The molecule has 2 nitrogen and oxygen atoms in total. The third kappa shape index (κ3) is 2.55. The van der Waals surface area contributed by atoms with Crippen LogP contribution in [0.1, 0.15) is 44.1 Å². The van der Waals surface area contributed by atoms with Gasteiger partial charge in [-0.05, 0) is 60.4 Å². The zero-order chi connectivity index (χ0) is 13.2. The maximum absolute atomic E-state index is 5.76. The second kappa shape index (κ2) is 5.38. The largest absolute Gasteiger partial charge is 0.347 e. The molecular formula is C17H24N2. The maximum atomic E-state index is 5.76. The van der Waals surface area contributed by atoms with Crippen LogP contribution in [0.15, 0.2) is 30.5 Å². The lowest BCUT2D eigenvalue weighted by molar-refractivity contribution is 0.466. The minimum atomic E-state index is 0.447. The van der Waals surface area contributed by atoms with Gasteiger partial charge in [0.1, 0.15) is 0 Å². The smallest absolute Gasteiger partial charge is 0.0480 e. The van der Waals surface area contributed by atoms with E-state index in [1.807, 2.05) is 0 Å². The monoisotopic (exact) mass is 256 g/mol. The molecule has 0 amide bonds. The molecular weight excluding hydrogens is 232 g/mol. The lowest BCUT2D eigenvalue weighted by Crippen LogP contribution is -2.09. The highest BCUT2D eigenvalue weighted by molar-refractivity contribution is 5.81. The van der Waals surface area contributed by atoms with Crippen LogP contribution < -0.4 is 5.73 Å². The van der Waals surface area contributed by atoms with Gasteiger partial charge in [0.05, 0.1) is 0 Å². The molecule has 1 atom stereocenters. The van der Waals surface area contributed by atoms with E-state index in [1.165, 1.54) is 48.7 Å². The Bertz CT molecular complexity index is 549. The molecule has 2 aromatic rings. The lowest BCUT2D eigenvalue weighted by Gasteiger charge is -2.13. The van der Waals surface area contributed by atoms with Crippen LogP contribution in [-0.4, -0.2) is 11.1 Å². The quantitative estimate of drug-likeness (QED) is 0.884. The first-order chi connectivity index (χ1) is 9.28. The van der Waals surface area contributed by atoms with Gasteiger partial charge in [0.25, 0.3) is 0 Å². The Balaban J connectivity index is 1.86. The molecule has 0 radical (unpaired) electrons. The van der Waals surface area contributed by atoms with Crippen molar-refractivity contribution in [2.24, 2.45) is 11.7 Å². The Morgan fingerprint density at radius 2 is 2.05 bits per heavy atom. The third-order valence-electron chi connectivity index (χ3n) is 4.65. The number of hydrogen-bond donors (Lipinski definition) is 1. The number of benzene rings is 1. The molecule has 0 bridgehead atoms. The summed E-state index contributed by atoms with van der Waals surface area (Å²) in [6, 6.07) is 9.06. The molecule has 0 spiro atoms. The van der Waals surface area contributed by atoms with E-state index >= 15 is 0 Å². The molecule has 1 fully saturated rings. The zero-order valence-electron chi connectivity index (χ0n) is 11.8. The average molecular weight is 256 g/mol. The fourth-order valence-corrected chi connectivity index (χ4v) is 3.29. The Kier molecular flexibility index (Phi) is 3.61. The minimum absolute atomic E-state index is 0.447. The minimum Gasteiger partial charge on any atom is -0.347 e. The maximum Gasteiger partial charge on any atom is 0.0480 e. The predicted molar refractivity (Wildman–Crippen MR) is 81.4 cm³/mol. The summed E-state index contributed by atoms with van der Waals surface area (Å²) in [7, 11) is 0. The van der Waals surface area contributed by atoms with Gasteiger partial charge in [-0.1, -0.05) is 25.8 Å². The molecule has 1 unspecified atom stereocenters. The summed E-state index contributed by atoms with van der Waals surface area (Å²) in [5.41, 5.74) is 8.49. The highest BCUT2D eigenvalue weighted by Crippen LogP contribution is 2.28. The van der Waals surface area contributed by atoms with Crippen molar-refractivity contribution < 1.29 is 0 Å². The fourth-order valence-electron chi connectivity index (χ4n) is 3.29. The first-order valence-electron chi connectivity index (χ1n) is 7.57. The molecule has 1 aromatic heterocycles. The van der Waals surface area contributed by atoms with Crippen LogP contribution in [0.25, 0.3) is 10.9 Å². The first kappa shape index (κ1) is 12.7. The average Bonchev–Trinajstić information content (AvgIpc) is 3.08. The van der Waals surface area contributed by atoms with E-state index in [0.29, 0.717) is 12.5 Å². The summed E-state index contributed by atoms with van der Waals surface area (Å²) >= 11 is 0. The summed E-state index contributed by atoms with van der Waals surface area (Å²) in [5, 5.41) is 1.36. The molecule has 0 saturated heterocycles. The van der Waals surface area contributed by atoms with Crippen molar-refractivity contribution in [3.63, 3.8) is 0 Å². The van der Waals surface area contributed by atoms with Gasteiger partial charge in [0, 0.05) is 18.3 Å². The molecule has 3 rings (SSSR count). The van der Waals surface area contributed by atoms with Gasteiger partial charge in [-0.15, -0.1) is 0 Å². The number of fused-ring (bicyclic) bond motifs is 1. The van der Waals surface area contributed by atoms with E-state index < -0.39 is 0 Å². The van der Waals surface area contributed by atoms with Gasteiger partial charge in [0.15, 0.2) is 0 Å². The molecule has 1 saturated carbocycles. The standard InChI is InChI=1S/C17H24N2/c1-13(11-18)15-6-7-17-16(10-15)8-9-19(17)12-14-4-2-3-5-14/h6-10,13-14H,2-5,11-12,18H2,1H3. The Hall–Kier alpha value is -1.28. The van der Waals surface area contributed by atoms with Crippen molar-refractivity contribution in [3.8, 4) is 0 Å². The topological polar surface area (TPSA) is 30.9 Å². The van der Waals surface area contributed by atoms with Gasteiger partial charge in [-0.2, -0.15) is 0 Å². The predicted octanol–water partition coefficient (Wildman–Crippen LogP) is 3.89. The van der Waals surface area contributed by atoms with E-state index in [4.69, 9.17) is 5.73 Å². The van der Waals surface area contributed by atoms with Gasteiger partial charge in [-0.3, -0.25) is 0 Å². The summed E-state index contributed by atoms with van der Waals surface area (Å²) in [5.74, 6) is 1.33. The van der Waals surface area contributed by atoms with Gasteiger partial charge in [0.2, 0.25) is 0 Å². The third-order valence-corrected chi connectivity index (χ3v) is 4.65. The molecule has 1 heterocycles. The second-order valence-electron chi connectivity index (χ2n) is 6.07. The van der Waals surface area contributed by atoms with Crippen LogP contribution in [0.2, 0.25) is 0 Å². The van der Waals surface area contributed by atoms with E-state index in [-0.39, 0.29) is 0 Å². The molecule has 102 valence electrons. The molecule has 19 heavy (non-hydrogen) atoms. The van der Waals surface area contributed by atoms with Crippen LogP contribution in [0, 0.1) is 5.92 Å². The van der Waals surface area contributed by atoms with Gasteiger partial charge >= 0.3 is 0 Å². The van der Waals surface area contributed by atoms with Gasteiger partial charge < -0.3 is 10.3 Å². The number of aromatic nitrogens is 1. The fraction of sp³-hybridized carbons (Fsp3) is 0.529. The van der Waals surface area contributed by atoms with E-state index in [1.54, 1.807) is 0 Å². The summed E-state index contributed by atoms with van der Waals surface area (Å²) in [6.45, 7) is 4.10. The molecule has 2 heteroatoms. The summed E-state index contributed by atoms with van der Waals surface area (Å²) in [4.78, 5) is 0. The van der Waals surface area contributed by atoms with E-state index in [2.05, 4.69) is 42.0 Å². The molecule has 1 aromatic carbocycles. The van der Waals surface area contributed by atoms with E-state index in [0.717, 1.165) is 5.92 Å². The Morgan fingerprint density at radius 1 is 1.26 bits per heavy atom. The SMILES string of the molecule is CC(CN)c1ccc2c(ccn2CC2CCCC2)c1. The number of rotatable bonds is 4. The van der Waals surface area contributed by atoms with E-state index in [9.17, 15) is 0 Å². The van der Waals surface area contributed by atoms with Crippen molar-refractivity contribution in [2.45, 2.75) is 45.1 Å². The van der Waals surface area contributed by atoms with Crippen LogP contribution in [0.5, 0.6) is 0 Å². The molecule has 2 N–H and O–H groups in total. The number of nitrogens with two attached hydrogens (primary N) is 1. The Labute approximate surface area is 115 Å². The van der Waals surface area contributed by atoms with Gasteiger partial charge in [-0.25, -0.2) is 0 Å². The highest BCUT2D eigenvalue weighted by atomic mass is 15.0. The summed E-state index contributed by atoms with van der Waals surface area (Å²) in [6.07, 6.45) is 7.90. The van der Waals surface area contributed by atoms with Crippen LogP contribution in [0.3, 0.4) is 0 Å². The van der Waals surface area contributed by atoms with Crippen LogP contribution in [-0.2, 0) is 6.54 Å². The molecule has 1 aliphatic rings. The van der Waals surface area contributed by atoms with Crippen LogP contribution >= 0.6 is 0 Å². The molecule has 1 aliphatic carbocycles. The van der Waals surface area contributed by atoms with Crippen molar-refractivity contribution >= 4 is 10.9 Å². The van der Waals surface area contributed by atoms with Crippen LogP contribution in [0.4, 0.5) is 0 Å². The zero-order valence-corrected chi connectivity index (χ0v) is 11.8. The summed E-state index contributed by atoms with van der Waals surface area (Å²) < 4.78 is 2.43. The lowest BCUT2D eigenvalue weighted by atomic mass is 10.00. The first-order valence-corrected chi connectivity index (χ1v) is 7.57. The normalized spacial score (nSPS) is 18.2.